The van der Waals surface area contributed by atoms with Gasteiger partial charge in [0.05, 0.1) is 0 Å². The first-order chi connectivity index (χ1) is 18.0. The van der Waals surface area contributed by atoms with Crippen LogP contribution in [0, 0.1) is 31.5 Å². The summed E-state index contributed by atoms with van der Waals surface area (Å²) in [4.78, 5) is 0. The minimum atomic E-state index is -0.247. The van der Waals surface area contributed by atoms with Crippen LogP contribution < -0.4 is 0 Å². The van der Waals surface area contributed by atoms with Crippen LogP contribution in [0.2, 0.25) is 0 Å². The molecule has 0 spiro atoms. The number of unbranched alkanes of at least 4 members (excludes halogenated alkanes) is 1. The fraction of sp³-hybridized carbons (Fsp3) is 0.167. The molecular weight excluding hydrogens is 451 g/mol. The van der Waals surface area contributed by atoms with Crippen LogP contribution in [0.1, 0.15) is 47.6 Å². The third kappa shape index (κ3) is 5.65. The number of hydrogen-bond donors (Lipinski definition) is 0. The molecule has 0 saturated carbocycles. The summed E-state index contributed by atoms with van der Waals surface area (Å²) in [7, 11) is 0. The molecule has 182 valence electrons. The number of rotatable bonds is 5. The van der Waals surface area contributed by atoms with Crippen molar-refractivity contribution in [2.45, 2.75) is 40.0 Å². The highest BCUT2D eigenvalue weighted by Crippen LogP contribution is 2.27. The molecule has 0 aliphatic carbocycles. The molecule has 0 radical (unpaired) electrons. The van der Waals surface area contributed by atoms with Gasteiger partial charge in [-0.3, -0.25) is 0 Å². The normalized spacial score (nSPS) is 10.8. The summed E-state index contributed by atoms with van der Waals surface area (Å²) in [6, 6.07) is 33.1. The smallest absolute Gasteiger partial charge is 0.132 e. The molecule has 0 atom stereocenters. The van der Waals surface area contributed by atoms with Gasteiger partial charge >= 0.3 is 0 Å². The molecule has 0 N–H and O–H groups in total. The van der Waals surface area contributed by atoms with E-state index in [0.717, 1.165) is 34.2 Å². The summed E-state index contributed by atoms with van der Waals surface area (Å²) in [6.07, 6.45) is 3.58. The van der Waals surface area contributed by atoms with Gasteiger partial charge in [-0.1, -0.05) is 97.5 Å². The predicted molar refractivity (Wildman–Crippen MR) is 155 cm³/mol. The molecule has 0 aliphatic rings. The van der Waals surface area contributed by atoms with Gasteiger partial charge in [0, 0.05) is 16.7 Å². The third-order valence-corrected chi connectivity index (χ3v) is 6.96. The van der Waals surface area contributed by atoms with Crippen LogP contribution in [0.3, 0.4) is 0 Å². The van der Waals surface area contributed by atoms with Crippen LogP contribution in [-0.2, 0) is 6.42 Å². The van der Waals surface area contributed by atoms with Crippen molar-refractivity contribution in [3.8, 4) is 34.1 Å². The first-order valence-corrected chi connectivity index (χ1v) is 13.0. The molecule has 5 aromatic rings. The maximum absolute atomic E-state index is 14.9. The van der Waals surface area contributed by atoms with Crippen molar-refractivity contribution in [1.82, 2.24) is 0 Å². The van der Waals surface area contributed by atoms with E-state index in [-0.39, 0.29) is 5.82 Å². The first kappa shape index (κ1) is 24.5. The van der Waals surface area contributed by atoms with E-state index in [1.807, 2.05) is 56.3 Å². The second-order valence-corrected chi connectivity index (χ2v) is 9.84. The van der Waals surface area contributed by atoms with E-state index in [1.54, 1.807) is 6.07 Å². The molecule has 0 heterocycles. The zero-order valence-corrected chi connectivity index (χ0v) is 21.7. The van der Waals surface area contributed by atoms with Crippen molar-refractivity contribution < 1.29 is 4.39 Å². The molecule has 0 saturated heterocycles. The Kier molecular flexibility index (Phi) is 7.20. The topological polar surface area (TPSA) is 0 Å². The van der Waals surface area contributed by atoms with Crippen LogP contribution in [0.5, 0.6) is 0 Å². The van der Waals surface area contributed by atoms with E-state index in [9.17, 15) is 4.39 Å². The summed E-state index contributed by atoms with van der Waals surface area (Å²) < 4.78 is 14.9. The van der Waals surface area contributed by atoms with Crippen LogP contribution in [0.4, 0.5) is 4.39 Å². The summed E-state index contributed by atoms with van der Waals surface area (Å²) in [6.45, 7) is 6.24. The SMILES string of the molecule is CCCCc1ccc2cc(-c3ccc(C#Cc4cc(F)c(-c5ccc(C)cc5)cc4C)cc3)ccc2c1. The van der Waals surface area contributed by atoms with Gasteiger partial charge in [0.25, 0.3) is 0 Å². The zero-order valence-electron chi connectivity index (χ0n) is 21.7. The number of fused-ring (bicyclic) bond motifs is 1. The van der Waals surface area contributed by atoms with Crippen molar-refractivity contribution in [2.24, 2.45) is 0 Å². The molecule has 1 heteroatoms. The highest BCUT2D eigenvalue weighted by Gasteiger charge is 2.08. The van der Waals surface area contributed by atoms with Gasteiger partial charge in [-0.2, -0.15) is 0 Å². The summed E-state index contributed by atoms with van der Waals surface area (Å²) in [5, 5.41) is 2.55. The Balaban J connectivity index is 1.35. The average molecular weight is 483 g/mol. The van der Waals surface area contributed by atoms with Crippen molar-refractivity contribution in [3.63, 3.8) is 0 Å². The van der Waals surface area contributed by atoms with Gasteiger partial charge in [0.1, 0.15) is 5.82 Å². The Morgan fingerprint density at radius 3 is 2.08 bits per heavy atom. The summed E-state index contributed by atoms with van der Waals surface area (Å²) in [5.41, 5.74) is 9.00. The quantitative estimate of drug-likeness (QED) is 0.219. The second-order valence-electron chi connectivity index (χ2n) is 9.84. The monoisotopic (exact) mass is 482 g/mol. The Morgan fingerprint density at radius 1 is 0.649 bits per heavy atom. The van der Waals surface area contributed by atoms with Gasteiger partial charge in [-0.15, -0.1) is 0 Å². The first-order valence-electron chi connectivity index (χ1n) is 13.0. The standard InChI is InChI=1S/C36H31F/c1-4-5-6-28-12-18-34-23-33(20-19-32(34)22-28)29-15-9-27(10-16-29)11-17-31-24-36(37)35(21-26(31)3)30-13-7-25(2)8-14-30/h7-10,12-16,18-24H,4-6H2,1-3H3. The van der Waals surface area contributed by atoms with Gasteiger partial charge < -0.3 is 0 Å². The van der Waals surface area contributed by atoms with Crippen LogP contribution in [0.25, 0.3) is 33.0 Å². The number of aryl methyl sites for hydroxylation is 3. The molecule has 0 aliphatic heterocycles. The van der Waals surface area contributed by atoms with Crippen LogP contribution in [0.15, 0.2) is 97.1 Å². The maximum Gasteiger partial charge on any atom is 0.132 e. The average Bonchev–Trinajstić information content (AvgIpc) is 2.92. The fourth-order valence-corrected chi connectivity index (χ4v) is 4.67. The van der Waals surface area contributed by atoms with E-state index in [4.69, 9.17) is 0 Å². The lowest BCUT2D eigenvalue weighted by molar-refractivity contribution is 0.630. The third-order valence-electron chi connectivity index (χ3n) is 6.96. The van der Waals surface area contributed by atoms with Crippen LogP contribution in [-0.4, -0.2) is 0 Å². The molecule has 0 unspecified atom stereocenters. The Bertz CT molecular complexity index is 1610. The van der Waals surface area contributed by atoms with E-state index in [0.29, 0.717) is 11.1 Å². The molecule has 37 heavy (non-hydrogen) atoms. The lowest BCUT2D eigenvalue weighted by atomic mass is 9.97. The number of halogens is 1. The number of benzene rings is 5. The largest absolute Gasteiger partial charge is 0.206 e. The molecule has 5 aromatic carbocycles. The van der Waals surface area contributed by atoms with Crippen LogP contribution >= 0.6 is 0 Å². The zero-order chi connectivity index (χ0) is 25.8. The van der Waals surface area contributed by atoms with E-state index in [2.05, 4.69) is 67.3 Å². The minimum Gasteiger partial charge on any atom is -0.206 e. The lowest BCUT2D eigenvalue weighted by Gasteiger charge is -2.08. The Morgan fingerprint density at radius 2 is 1.32 bits per heavy atom. The van der Waals surface area contributed by atoms with Crippen molar-refractivity contribution in [3.05, 3.63) is 131 Å². The maximum atomic E-state index is 14.9. The lowest BCUT2D eigenvalue weighted by Crippen LogP contribution is -1.91. The fourth-order valence-electron chi connectivity index (χ4n) is 4.67. The minimum absolute atomic E-state index is 0.247. The van der Waals surface area contributed by atoms with Gasteiger partial charge in [-0.25, -0.2) is 4.39 Å². The van der Waals surface area contributed by atoms with Crippen molar-refractivity contribution in [2.75, 3.05) is 0 Å². The van der Waals surface area contributed by atoms with Crippen molar-refractivity contribution in [1.29, 1.82) is 0 Å². The molecule has 0 fully saturated rings. The summed E-state index contributed by atoms with van der Waals surface area (Å²) in [5.74, 6) is 6.13. The highest BCUT2D eigenvalue weighted by molar-refractivity contribution is 5.88. The van der Waals surface area contributed by atoms with E-state index < -0.39 is 0 Å². The van der Waals surface area contributed by atoms with E-state index >= 15 is 0 Å². The predicted octanol–water partition coefficient (Wildman–Crippen LogP) is 9.67. The molecule has 0 nitrogen and oxygen atoms in total. The van der Waals surface area contributed by atoms with Gasteiger partial charge in [0.2, 0.25) is 0 Å². The molecule has 5 rings (SSSR count). The molecular formula is C36H31F. The number of hydrogen-bond acceptors (Lipinski definition) is 0. The second kappa shape index (κ2) is 10.9. The Labute approximate surface area is 219 Å². The van der Waals surface area contributed by atoms with E-state index in [1.165, 1.54) is 34.7 Å². The van der Waals surface area contributed by atoms with Crippen molar-refractivity contribution >= 4 is 10.8 Å². The highest BCUT2D eigenvalue weighted by atomic mass is 19.1. The van der Waals surface area contributed by atoms with Gasteiger partial charge in [0.15, 0.2) is 0 Å². The molecule has 0 amide bonds. The van der Waals surface area contributed by atoms with Gasteiger partial charge in [-0.05, 0) is 95.6 Å². The molecule has 0 aromatic heterocycles. The molecule has 0 bridgehead atoms. The summed E-state index contributed by atoms with van der Waals surface area (Å²) >= 11 is 0. The Hall–Kier alpha value is -4.15.